The van der Waals surface area contributed by atoms with Crippen LogP contribution in [0.1, 0.15) is 9.67 Å². The van der Waals surface area contributed by atoms with Crippen LogP contribution >= 0.6 is 27.3 Å². The summed E-state index contributed by atoms with van der Waals surface area (Å²) in [5.74, 6) is -0.856. The maximum atomic E-state index is 13.2. The number of rotatable bonds is 2. The summed E-state index contributed by atoms with van der Waals surface area (Å²) in [5, 5.41) is 11.0. The number of halogens is 2. The van der Waals surface area contributed by atoms with E-state index in [9.17, 15) is 9.18 Å². The molecule has 0 saturated heterocycles. The summed E-state index contributed by atoms with van der Waals surface area (Å²) < 4.78 is 13.8. The van der Waals surface area contributed by atoms with Crippen LogP contribution in [-0.4, -0.2) is 16.1 Å². The minimum absolute atomic E-state index is 0.321. The lowest BCUT2D eigenvalue weighted by Crippen LogP contribution is -2.12. The Labute approximate surface area is 131 Å². The number of nitrogen functional groups attached to an aromatic ring is 1. The van der Waals surface area contributed by atoms with Gasteiger partial charge in [-0.3, -0.25) is 4.79 Å². The van der Waals surface area contributed by atoms with Gasteiger partial charge in [0.25, 0.3) is 5.91 Å². The van der Waals surface area contributed by atoms with Gasteiger partial charge in [0, 0.05) is 9.86 Å². The number of carbonyl (C=O) groups is 1. The van der Waals surface area contributed by atoms with Gasteiger partial charge in [-0.1, -0.05) is 0 Å². The Morgan fingerprint density at radius 1 is 1.38 bits per heavy atom. The molecule has 1 amide bonds. The maximum absolute atomic E-state index is 13.2. The van der Waals surface area contributed by atoms with E-state index >= 15 is 0 Å². The lowest BCUT2D eigenvalue weighted by Gasteiger charge is -2.06. The topological polar surface area (TPSA) is 80.9 Å². The fourth-order valence-corrected chi connectivity index (χ4v) is 3.09. The molecular formula is C13H8BrFN4OS. The van der Waals surface area contributed by atoms with Crippen LogP contribution in [0.3, 0.4) is 0 Å². The number of hydrogen-bond acceptors (Lipinski definition) is 5. The fourth-order valence-electron chi connectivity index (χ4n) is 1.81. The number of anilines is 2. The van der Waals surface area contributed by atoms with E-state index in [2.05, 4.69) is 31.4 Å². The van der Waals surface area contributed by atoms with Crippen molar-refractivity contribution in [3.8, 4) is 0 Å². The standard InChI is InChI=1S/C13H8BrFN4OS/c14-8-2-1-6(15)5-9(8)18-12(20)11-10(16)7-3-4-17-19-13(7)21-11/h1-5H,16H2,(H,18,20). The first kappa shape index (κ1) is 13.9. The first-order chi connectivity index (χ1) is 10.1. The molecule has 106 valence electrons. The molecule has 3 aromatic rings. The van der Waals surface area contributed by atoms with Crippen LogP contribution in [0.15, 0.2) is 34.9 Å². The molecule has 2 aromatic heterocycles. The zero-order valence-corrected chi connectivity index (χ0v) is 12.8. The van der Waals surface area contributed by atoms with Gasteiger partial charge >= 0.3 is 0 Å². The smallest absolute Gasteiger partial charge is 0.267 e. The number of benzene rings is 1. The Balaban J connectivity index is 1.97. The lowest BCUT2D eigenvalue weighted by atomic mass is 10.2. The van der Waals surface area contributed by atoms with E-state index in [1.54, 1.807) is 6.07 Å². The molecule has 8 heteroatoms. The van der Waals surface area contributed by atoms with Crippen molar-refractivity contribution >= 4 is 54.8 Å². The average molecular weight is 367 g/mol. The molecule has 0 spiro atoms. The van der Waals surface area contributed by atoms with Gasteiger partial charge < -0.3 is 11.1 Å². The van der Waals surface area contributed by atoms with Crippen molar-refractivity contribution in [3.63, 3.8) is 0 Å². The molecule has 1 aromatic carbocycles. The molecule has 0 aliphatic carbocycles. The molecule has 0 saturated carbocycles. The second kappa shape index (κ2) is 5.38. The van der Waals surface area contributed by atoms with Crippen LogP contribution in [0, 0.1) is 5.82 Å². The summed E-state index contributed by atoms with van der Waals surface area (Å²) in [4.78, 5) is 13.2. The highest BCUT2D eigenvalue weighted by Crippen LogP contribution is 2.32. The fraction of sp³-hybridized carbons (Fsp3) is 0. The van der Waals surface area contributed by atoms with E-state index in [0.717, 1.165) is 11.3 Å². The van der Waals surface area contributed by atoms with E-state index < -0.39 is 11.7 Å². The highest BCUT2D eigenvalue weighted by Gasteiger charge is 2.18. The first-order valence-corrected chi connectivity index (χ1v) is 7.43. The van der Waals surface area contributed by atoms with Crippen molar-refractivity contribution < 1.29 is 9.18 Å². The number of nitrogens with two attached hydrogens (primary N) is 1. The number of thiophene rings is 1. The summed E-state index contributed by atoms with van der Waals surface area (Å²) in [6.07, 6.45) is 1.51. The van der Waals surface area contributed by atoms with Gasteiger partial charge in [0.05, 0.1) is 17.6 Å². The SMILES string of the molecule is Nc1c(C(=O)Nc2cc(F)ccc2Br)sc2nnccc12. The minimum atomic E-state index is -0.441. The zero-order chi connectivity index (χ0) is 15.0. The Bertz CT molecular complexity index is 851. The Hall–Kier alpha value is -2.06. The third kappa shape index (κ3) is 2.59. The van der Waals surface area contributed by atoms with Crippen LogP contribution in [0.4, 0.5) is 15.8 Å². The van der Waals surface area contributed by atoms with Crippen molar-refractivity contribution in [2.45, 2.75) is 0 Å². The number of aromatic nitrogens is 2. The Kier molecular flexibility index (Phi) is 3.56. The second-order valence-electron chi connectivity index (χ2n) is 4.17. The molecule has 5 nitrogen and oxygen atoms in total. The average Bonchev–Trinajstić information content (AvgIpc) is 2.81. The van der Waals surface area contributed by atoms with Gasteiger partial charge in [-0.05, 0) is 40.2 Å². The van der Waals surface area contributed by atoms with Gasteiger partial charge in [0.2, 0.25) is 0 Å². The lowest BCUT2D eigenvalue weighted by molar-refractivity contribution is 0.103. The largest absolute Gasteiger partial charge is 0.397 e. The Morgan fingerprint density at radius 2 is 2.19 bits per heavy atom. The van der Waals surface area contributed by atoms with Gasteiger partial charge in [0.1, 0.15) is 15.5 Å². The van der Waals surface area contributed by atoms with E-state index in [-0.39, 0.29) is 0 Å². The molecule has 21 heavy (non-hydrogen) atoms. The van der Waals surface area contributed by atoms with Crippen molar-refractivity contribution in [2.24, 2.45) is 0 Å². The van der Waals surface area contributed by atoms with Crippen LogP contribution in [0.5, 0.6) is 0 Å². The second-order valence-corrected chi connectivity index (χ2v) is 6.03. The summed E-state index contributed by atoms with van der Waals surface area (Å²) in [6.45, 7) is 0. The first-order valence-electron chi connectivity index (χ1n) is 5.82. The van der Waals surface area contributed by atoms with Crippen molar-refractivity contribution in [1.29, 1.82) is 0 Å². The number of nitrogens with one attached hydrogen (secondary N) is 1. The molecule has 0 atom stereocenters. The molecule has 2 heterocycles. The molecule has 0 bridgehead atoms. The Morgan fingerprint density at radius 3 is 2.95 bits per heavy atom. The minimum Gasteiger partial charge on any atom is -0.397 e. The molecule has 0 aliphatic rings. The van der Waals surface area contributed by atoms with Crippen LogP contribution in [-0.2, 0) is 0 Å². The molecule has 0 aliphatic heterocycles. The monoisotopic (exact) mass is 366 g/mol. The zero-order valence-electron chi connectivity index (χ0n) is 10.4. The van der Waals surface area contributed by atoms with Crippen molar-refractivity contribution in [3.05, 3.63) is 45.6 Å². The van der Waals surface area contributed by atoms with E-state index in [0.29, 0.717) is 30.9 Å². The van der Waals surface area contributed by atoms with E-state index in [1.165, 1.54) is 24.4 Å². The highest BCUT2D eigenvalue weighted by molar-refractivity contribution is 9.10. The van der Waals surface area contributed by atoms with Crippen LogP contribution in [0.25, 0.3) is 10.2 Å². The van der Waals surface area contributed by atoms with E-state index in [4.69, 9.17) is 5.73 Å². The predicted molar refractivity (Wildman–Crippen MR) is 83.9 cm³/mol. The summed E-state index contributed by atoms with van der Waals surface area (Å²) in [7, 11) is 0. The third-order valence-corrected chi connectivity index (χ3v) is 4.60. The summed E-state index contributed by atoms with van der Waals surface area (Å²) >= 11 is 4.39. The molecule has 3 N–H and O–H groups in total. The highest BCUT2D eigenvalue weighted by atomic mass is 79.9. The predicted octanol–water partition coefficient (Wildman–Crippen LogP) is 3.43. The number of carbonyl (C=O) groups excluding carboxylic acids is 1. The van der Waals surface area contributed by atoms with Gasteiger partial charge in [-0.2, -0.15) is 5.10 Å². The number of fused-ring (bicyclic) bond motifs is 1. The quantitative estimate of drug-likeness (QED) is 0.727. The number of hydrogen-bond donors (Lipinski definition) is 2. The third-order valence-electron chi connectivity index (χ3n) is 2.80. The van der Waals surface area contributed by atoms with Gasteiger partial charge in [0.15, 0.2) is 0 Å². The molecule has 3 rings (SSSR count). The summed E-state index contributed by atoms with van der Waals surface area (Å²) in [5.41, 5.74) is 6.64. The van der Waals surface area contributed by atoms with Crippen LogP contribution in [0.2, 0.25) is 0 Å². The van der Waals surface area contributed by atoms with Crippen molar-refractivity contribution in [2.75, 3.05) is 11.1 Å². The van der Waals surface area contributed by atoms with Gasteiger partial charge in [-0.25, -0.2) is 4.39 Å². The van der Waals surface area contributed by atoms with Gasteiger partial charge in [-0.15, -0.1) is 16.4 Å². The summed E-state index contributed by atoms with van der Waals surface area (Å²) in [6, 6.07) is 5.74. The maximum Gasteiger partial charge on any atom is 0.267 e. The molecular weight excluding hydrogens is 359 g/mol. The van der Waals surface area contributed by atoms with E-state index in [1.807, 2.05) is 0 Å². The molecule has 0 radical (unpaired) electrons. The number of amides is 1. The van der Waals surface area contributed by atoms with Crippen LogP contribution < -0.4 is 11.1 Å². The van der Waals surface area contributed by atoms with Crippen molar-refractivity contribution in [1.82, 2.24) is 10.2 Å². The molecule has 0 unspecified atom stereocenters. The normalized spacial score (nSPS) is 10.8. The molecule has 0 fully saturated rings. The number of nitrogens with zero attached hydrogens (tertiary/aromatic N) is 2.